The number of anilines is 1. The number of piperazine rings is 1. The highest BCUT2D eigenvalue weighted by atomic mass is 35.5. The van der Waals surface area contributed by atoms with E-state index in [1.54, 1.807) is 34.9 Å². The maximum Gasteiger partial charge on any atom is 0.264 e. The zero-order chi connectivity index (χ0) is 21.0. The molecule has 0 atom stereocenters. The molecule has 0 saturated carbocycles. The van der Waals surface area contributed by atoms with Crippen LogP contribution < -0.4 is 4.31 Å². The first-order valence-electron chi connectivity index (χ1n) is 9.14. The number of carbonyl (C=O) groups excluding carboxylic acids is 2. The summed E-state index contributed by atoms with van der Waals surface area (Å²) in [6.07, 6.45) is 0.756. The van der Waals surface area contributed by atoms with E-state index < -0.39 is 10.0 Å². The van der Waals surface area contributed by atoms with E-state index in [4.69, 9.17) is 11.6 Å². The SMILES string of the molecule is Cc1ccccc1N(CC(=O)N1CCN(C=O)CC1)S(=O)(=O)c1ccc(Cl)cc1. The van der Waals surface area contributed by atoms with Crippen molar-refractivity contribution in [2.75, 3.05) is 37.0 Å². The molecule has 29 heavy (non-hydrogen) atoms. The van der Waals surface area contributed by atoms with E-state index in [1.807, 2.05) is 6.07 Å². The van der Waals surface area contributed by atoms with Crippen molar-refractivity contribution in [3.05, 3.63) is 59.1 Å². The lowest BCUT2D eigenvalue weighted by molar-refractivity contribution is -0.133. The van der Waals surface area contributed by atoms with Gasteiger partial charge in [0.05, 0.1) is 10.6 Å². The molecule has 0 aromatic heterocycles. The number of aryl methyl sites for hydroxylation is 1. The first-order chi connectivity index (χ1) is 13.8. The fourth-order valence-electron chi connectivity index (χ4n) is 3.18. The zero-order valence-electron chi connectivity index (χ0n) is 16.0. The molecule has 1 aliphatic heterocycles. The average molecular weight is 436 g/mol. The number of sulfonamides is 1. The highest BCUT2D eigenvalue weighted by molar-refractivity contribution is 7.92. The van der Waals surface area contributed by atoms with Gasteiger partial charge in [-0.1, -0.05) is 29.8 Å². The van der Waals surface area contributed by atoms with Gasteiger partial charge >= 0.3 is 0 Å². The second-order valence-corrected chi connectivity index (χ2v) is 9.07. The molecule has 7 nitrogen and oxygen atoms in total. The number of benzene rings is 2. The van der Waals surface area contributed by atoms with Crippen LogP contribution in [0.3, 0.4) is 0 Å². The van der Waals surface area contributed by atoms with Crippen LogP contribution in [-0.4, -0.2) is 63.3 Å². The van der Waals surface area contributed by atoms with Gasteiger partial charge in [-0.2, -0.15) is 0 Å². The van der Waals surface area contributed by atoms with Crippen LogP contribution in [0.25, 0.3) is 0 Å². The van der Waals surface area contributed by atoms with Crippen LogP contribution in [0.1, 0.15) is 5.56 Å². The number of halogens is 1. The summed E-state index contributed by atoms with van der Waals surface area (Å²) in [7, 11) is -3.98. The zero-order valence-corrected chi connectivity index (χ0v) is 17.6. The highest BCUT2D eigenvalue weighted by Crippen LogP contribution is 2.27. The van der Waals surface area contributed by atoms with Gasteiger partial charge in [0.2, 0.25) is 12.3 Å². The van der Waals surface area contributed by atoms with E-state index >= 15 is 0 Å². The molecule has 1 aliphatic rings. The van der Waals surface area contributed by atoms with Crippen LogP contribution in [0.15, 0.2) is 53.4 Å². The first-order valence-corrected chi connectivity index (χ1v) is 11.0. The molecule has 1 heterocycles. The monoisotopic (exact) mass is 435 g/mol. The van der Waals surface area contributed by atoms with E-state index in [9.17, 15) is 18.0 Å². The highest BCUT2D eigenvalue weighted by Gasteiger charge is 2.30. The van der Waals surface area contributed by atoms with E-state index in [0.29, 0.717) is 36.9 Å². The number of nitrogens with zero attached hydrogens (tertiary/aromatic N) is 3. The minimum absolute atomic E-state index is 0.0590. The van der Waals surface area contributed by atoms with Crippen molar-refractivity contribution in [1.82, 2.24) is 9.80 Å². The van der Waals surface area contributed by atoms with E-state index in [0.717, 1.165) is 16.3 Å². The Kier molecular flexibility index (Phi) is 6.44. The maximum atomic E-state index is 13.4. The Morgan fingerprint density at radius 1 is 1.07 bits per heavy atom. The molecule has 0 unspecified atom stereocenters. The summed E-state index contributed by atoms with van der Waals surface area (Å²) in [5, 5.41) is 0.426. The predicted molar refractivity (Wildman–Crippen MR) is 111 cm³/mol. The van der Waals surface area contributed by atoms with Gasteiger partial charge in [0.1, 0.15) is 6.54 Å². The average Bonchev–Trinajstić information content (AvgIpc) is 2.73. The van der Waals surface area contributed by atoms with Gasteiger partial charge in [0, 0.05) is 31.2 Å². The Hall–Kier alpha value is -2.58. The third-order valence-electron chi connectivity index (χ3n) is 4.88. The van der Waals surface area contributed by atoms with Crippen LogP contribution >= 0.6 is 11.6 Å². The summed E-state index contributed by atoms with van der Waals surface area (Å²) < 4.78 is 27.9. The minimum atomic E-state index is -3.98. The third kappa shape index (κ3) is 4.71. The van der Waals surface area contributed by atoms with Crippen LogP contribution in [0.4, 0.5) is 5.69 Å². The molecular weight excluding hydrogens is 414 g/mol. The van der Waals surface area contributed by atoms with Crippen molar-refractivity contribution in [2.45, 2.75) is 11.8 Å². The lowest BCUT2D eigenvalue weighted by Crippen LogP contribution is -2.51. The van der Waals surface area contributed by atoms with Gasteiger partial charge in [-0.25, -0.2) is 8.42 Å². The number of rotatable bonds is 6. The topological polar surface area (TPSA) is 78.0 Å². The van der Waals surface area contributed by atoms with E-state index in [2.05, 4.69) is 0 Å². The molecule has 9 heteroatoms. The van der Waals surface area contributed by atoms with Gasteiger partial charge in [0.25, 0.3) is 10.0 Å². The molecule has 0 bridgehead atoms. The van der Waals surface area contributed by atoms with Crippen molar-refractivity contribution in [1.29, 1.82) is 0 Å². The van der Waals surface area contributed by atoms with Crippen molar-refractivity contribution in [3.8, 4) is 0 Å². The molecule has 1 fully saturated rings. The van der Waals surface area contributed by atoms with Gasteiger partial charge in [-0.15, -0.1) is 0 Å². The standard InChI is InChI=1S/C20H22ClN3O4S/c1-16-4-2-3-5-19(16)24(29(27,28)18-8-6-17(21)7-9-18)14-20(26)23-12-10-22(15-25)11-13-23/h2-9,15H,10-14H2,1H3. The lowest BCUT2D eigenvalue weighted by atomic mass is 10.2. The summed E-state index contributed by atoms with van der Waals surface area (Å²) in [4.78, 5) is 27.0. The second-order valence-electron chi connectivity index (χ2n) is 6.77. The van der Waals surface area contributed by atoms with E-state index in [-0.39, 0.29) is 17.3 Å². The Morgan fingerprint density at radius 2 is 1.69 bits per heavy atom. The summed E-state index contributed by atoms with van der Waals surface area (Å²) in [6, 6.07) is 12.9. The van der Waals surface area contributed by atoms with Crippen LogP contribution in [0.5, 0.6) is 0 Å². The quantitative estimate of drug-likeness (QED) is 0.651. The molecule has 1 saturated heterocycles. The van der Waals surface area contributed by atoms with Crippen LogP contribution in [0.2, 0.25) is 5.02 Å². The normalized spacial score (nSPS) is 14.6. The van der Waals surface area contributed by atoms with Crippen molar-refractivity contribution in [3.63, 3.8) is 0 Å². The summed E-state index contributed by atoms with van der Waals surface area (Å²) >= 11 is 5.90. The fraction of sp³-hybridized carbons (Fsp3) is 0.300. The Morgan fingerprint density at radius 3 is 2.28 bits per heavy atom. The number of para-hydroxylation sites is 1. The van der Waals surface area contributed by atoms with Crippen molar-refractivity contribution < 1.29 is 18.0 Å². The number of hydrogen-bond donors (Lipinski definition) is 0. The van der Waals surface area contributed by atoms with Crippen molar-refractivity contribution >= 4 is 39.6 Å². The van der Waals surface area contributed by atoms with Crippen LogP contribution in [0, 0.1) is 6.92 Å². The molecule has 154 valence electrons. The molecule has 3 rings (SSSR count). The second kappa shape index (κ2) is 8.84. The lowest BCUT2D eigenvalue weighted by Gasteiger charge is -2.34. The molecule has 0 aliphatic carbocycles. The molecule has 2 amide bonds. The molecule has 0 radical (unpaired) electrons. The summed E-state index contributed by atoms with van der Waals surface area (Å²) in [5.41, 5.74) is 1.19. The molecule has 0 spiro atoms. The summed E-state index contributed by atoms with van der Waals surface area (Å²) in [6.45, 7) is 3.09. The summed E-state index contributed by atoms with van der Waals surface area (Å²) in [5.74, 6) is -0.309. The van der Waals surface area contributed by atoms with Crippen molar-refractivity contribution in [2.24, 2.45) is 0 Å². The number of amides is 2. The maximum absolute atomic E-state index is 13.4. The van der Waals surface area contributed by atoms with Gasteiger partial charge < -0.3 is 9.80 Å². The molecular formula is C20H22ClN3O4S. The molecule has 2 aromatic rings. The molecule has 0 N–H and O–H groups in total. The van der Waals surface area contributed by atoms with E-state index in [1.165, 1.54) is 24.3 Å². The van der Waals surface area contributed by atoms with Gasteiger partial charge in [0.15, 0.2) is 0 Å². The third-order valence-corrected chi connectivity index (χ3v) is 6.91. The number of hydrogen-bond acceptors (Lipinski definition) is 4. The van der Waals surface area contributed by atoms with Gasteiger partial charge in [-0.3, -0.25) is 13.9 Å². The fourth-order valence-corrected chi connectivity index (χ4v) is 4.78. The predicted octanol–water partition coefficient (Wildman–Crippen LogP) is 2.14. The Labute approximate surface area is 175 Å². The Balaban J connectivity index is 1.92. The largest absolute Gasteiger partial charge is 0.342 e. The first kappa shape index (κ1) is 21.1. The van der Waals surface area contributed by atoms with Crippen LogP contribution in [-0.2, 0) is 19.6 Å². The number of carbonyl (C=O) groups is 2. The Bertz CT molecular complexity index is 987. The minimum Gasteiger partial charge on any atom is -0.342 e. The van der Waals surface area contributed by atoms with Gasteiger partial charge in [-0.05, 0) is 42.8 Å². The molecule has 2 aromatic carbocycles. The smallest absolute Gasteiger partial charge is 0.264 e.